The molecule has 0 bridgehead atoms. The first-order valence-corrected chi connectivity index (χ1v) is 10.6. The molecule has 3 rings (SSSR count). The molecule has 0 aromatic heterocycles. The van der Waals surface area contributed by atoms with Crippen molar-refractivity contribution < 1.29 is 18.7 Å². The molecule has 2 N–H and O–H groups in total. The number of hydrogen-bond acceptors (Lipinski definition) is 4. The van der Waals surface area contributed by atoms with Gasteiger partial charge in [0.1, 0.15) is 11.6 Å². The molecule has 0 heterocycles. The molecular weight excluding hydrogens is 533 g/mol. The quantitative estimate of drug-likeness (QED) is 0.317. The Morgan fingerprint density at radius 2 is 1.65 bits per heavy atom. The zero-order chi connectivity index (χ0) is 22.2. The van der Waals surface area contributed by atoms with Crippen molar-refractivity contribution in [3.63, 3.8) is 0 Å². The Bertz CT molecular complexity index is 1100. The van der Waals surface area contributed by atoms with Gasteiger partial charge in [-0.25, -0.2) is 9.82 Å². The van der Waals surface area contributed by atoms with Crippen LogP contribution in [0.1, 0.15) is 15.9 Å². The molecule has 9 heteroatoms. The summed E-state index contributed by atoms with van der Waals surface area (Å²) in [5.41, 5.74) is 3.93. The second-order valence-corrected chi connectivity index (χ2v) is 8.06. The van der Waals surface area contributed by atoms with Crippen LogP contribution in [-0.2, 0) is 4.79 Å². The minimum Gasteiger partial charge on any atom is -0.483 e. The number of hydrazone groups is 1. The van der Waals surface area contributed by atoms with Crippen molar-refractivity contribution >= 4 is 55.6 Å². The smallest absolute Gasteiger partial charge is 0.271 e. The molecule has 6 nitrogen and oxygen atoms in total. The highest BCUT2D eigenvalue weighted by molar-refractivity contribution is 9.10. The van der Waals surface area contributed by atoms with E-state index >= 15 is 0 Å². The summed E-state index contributed by atoms with van der Waals surface area (Å²) in [5, 5.41) is 6.59. The molecule has 158 valence electrons. The van der Waals surface area contributed by atoms with E-state index in [0.717, 1.165) is 8.95 Å². The molecule has 3 aromatic rings. The fourth-order valence-corrected chi connectivity index (χ4v) is 3.09. The Labute approximate surface area is 194 Å². The molecule has 31 heavy (non-hydrogen) atoms. The van der Waals surface area contributed by atoms with Crippen LogP contribution in [0.2, 0.25) is 0 Å². The summed E-state index contributed by atoms with van der Waals surface area (Å²) in [4.78, 5) is 24.3. The lowest BCUT2D eigenvalue weighted by atomic mass is 10.2. The summed E-state index contributed by atoms with van der Waals surface area (Å²) in [6.07, 6.45) is 1.43. The SMILES string of the molecule is O=C(COc1ccc(Br)cc1/C=N/NC(=O)c1ccc(Br)cc1)Nc1ccc(F)cc1. The van der Waals surface area contributed by atoms with Gasteiger partial charge in [-0.15, -0.1) is 0 Å². The number of rotatable bonds is 7. The summed E-state index contributed by atoms with van der Waals surface area (Å²) >= 11 is 6.69. The molecule has 2 amide bonds. The van der Waals surface area contributed by atoms with Crippen LogP contribution < -0.4 is 15.5 Å². The van der Waals surface area contributed by atoms with Crippen LogP contribution in [0.25, 0.3) is 0 Å². The Hall–Kier alpha value is -3.04. The van der Waals surface area contributed by atoms with Gasteiger partial charge in [0.25, 0.3) is 11.8 Å². The van der Waals surface area contributed by atoms with E-state index in [1.807, 2.05) is 0 Å². The Morgan fingerprint density at radius 3 is 2.35 bits per heavy atom. The van der Waals surface area contributed by atoms with Crippen LogP contribution in [0, 0.1) is 5.82 Å². The minimum atomic E-state index is -0.402. The molecule has 0 radical (unpaired) electrons. The molecule has 0 fully saturated rings. The van der Waals surface area contributed by atoms with Gasteiger partial charge in [0.2, 0.25) is 0 Å². The standard InChI is InChI=1S/C22H16Br2FN3O3/c23-16-3-1-14(2-4-16)22(30)28-26-12-15-11-17(24)5-10-20(15)31-13-21(29)27-19-8-6-18(25)7-9-19/h1-12H,13H2,(H,27,29)(H,28,30)/b26-12+. The Morgan fingerprint density at radius 1 is 0.968 bits per heavy atom. The Kier molecular flexibility index (Phi) is 7.91. The molecule has 0 aliphatic rings. The highest BCUT2D eigenvalue weighted by Gasteiger charge is 2.08. The van der Waals surface area contributed by atoms with E-state index in [4.69, 9.17) is 4.74 Å². The van der Waals surface area contributed by atoms with E-state index < -0.39 is 5.91 Å². The van der Waals surface area contributed by atoms with Gasteiger partial charge in [0.05, 0.1) is 6.21 Å². The minimum absolute atomic E-state index is 0.259. The molecule has 0 atom stereocenters. The van der Waals surface area contributed by atoms with Gasteiger partial charge in [-0.05, 0) is 66.7 Å². The number of amides is 2. The van der Waals surface area contributed by atoms with Crippen molar-refractivity contribution in [1.82, 2.24) is 5.43 Å². The second kappa shape index (κ2) is 10.8. The van der Waals surface area contributed by atoms with E-state index in [1.54, 1.807) is 42.5 Å². The van der Waals surface area contributed by atoms with Gasteiger partial charge in [-0.3, -0.25) is 9.59 Å². The van der Waals surface area contributed by atoms with Crippen molar-refractivity contribution in [1.29, 1.82) is 0 Å². The van der Waals surface area contributed by atoms with Gasteiger partial charge in [0.15, 0.2) is 6.61 Å². The predicted octanol–water partition coefficient (Wildman–Crippen LogP) is 5.13. The maximum atomic E-state index is 13.0. The lowest BCUT2D eigenvalue weighted by Crippen LogP contribution is -2.20. The molecule has 0 aliphatic carbocycles. The van der Waals surface area contributed by atoms with Crippen LogP contribution in [0.5, 0.6) is 5.75 Å². The average Bonchev–Trinajstić information content (AvgIpc) is 2.75. The highest BCUT2D eigenvalue weighted by atomic mass is 79.9. The first kappa shape index (κ1) is 22.6. The Balaban J connectivity index is 1.61. The molecule has 0 saturated heterocycles. The number of benzene rings is 3. The normalized spacial score (nSPS) is 10.7. The van der Waals surface area contributed by atoms with E-state index in [1.165, 1.54) is 30.5 Å². The molecular formula is C22H16Br2FN3O3. The molecule has 0 spiro atoms. The zero-order valence-corrected chi connectivity index (χ0v) is 19.1. The number of carbonyl (C=O) groups excluding carboxylic acids is 2. The third-order valence-corrected chi connectivity index (χ3v) is 4.96. The number of ether oxygens (including phenoxy) is 1. The maximum Gasteiger partial charge on any atom is 0.271 e. The van der Waals surface area contributed by atoms with E-state index in [9.17, 15) is 14.0 Å². The number of nitrogens with one attached hydrogen (secondary N) is 2. The summed E-state index contributed by atoms with van der Waals surface area (Å²) in [6.45, 7) is -0.259. The fraction of sp³-hybridized carbons (Fsp3) is 0.0455. The summed E-state index contributed by atoms with van der Waals surface area (Å²) in [5.74, 6) is -0.750. The second-order valence-electron chi connectivity index (χ2n) is 6.23. The van der Waals surface area contributed by atoms with Crippen molar-refractivity contribution in [2.45, 2.75) is 0 Å². The number of nitrogens with zero attached hydrogens (tertiary/aromatic N) is 1. The highest BCUT2D eigenvalue weighted by Crippen LogP contribution is 2.22. The summed E-state index contributed by atoms with van der Waals surface area (Å²) in [6, 6.07) is 17.4. The van der Waals surface area contributed by atoms with Crippen LogP contribution in [0.15, 0.2) is 80.8 Å². The lowest BCUT2D eigenvalue weighted by molar-refractivity contribution is -0.118. The monoisotopic (exact) mass is 547 g/mol. The van der Waals surface area contributed by atoms with Crippen LogP contribution >= 0.6 is 31.9 Å². The van der Waals surface area contributed by atoms with Crippen LogP contribution in [0.4, 0.5) is 10.1 Å². The van der Waals surface area contributed by atoms with Crippen LogP contribution in [0.3, 0.4) is 0 Å². The summed E-state index contributed by atoms with van der Waals surface area (Å²) in [7, 11) is 0. The van der Waals surface area contributed by atoms with E-state index in [0.29, 0.717) is 22.6 Å². The van der Waals surface area contributed by atoms with Gasteiger partial charge in [0, 0.05) is 25.8 Å². The average molecular weight is 549 g/mol. The molecule has 0 saturated carbocycles. The van der Waals surface area contributed by atoms with Crippen molar-refractivity contribution in [2.24, 2.45) is 5.10 Å². The summed E-state index contributed by atoms with van der Waals surface area (Å²) < 4.78 is 20.2. The van der Waals surface area contributed by atoms with Gasteiger partial charge < -0.3 is 10.1 Å². The molecule has 3 aromatic carbocycles. The fourth-order valence-electron chi connectivity index (χ4n) is 2.45. The largest absolute Gasteiger partial charge is 0.483 e. The third kappa shape index (κ3) is 7.01. The van der Waals surface area contributed by atoms with E-state index in [2.05, 4.69) is 47.7 Å². The number of hydrogen-bond donors (Lipinski definition) is 2. The predicted molar refractivity (Wildman–Crippen MR) is 124 cm³/mol. The number of anilines is 1. The van der Waals surface area contributed by atoms with Crippen LogP contribution in [-0.4, -0.2) is 24.6 Å². The third-order valence-electron chi connectivity index (χ3n) is 3.93. The van der Waals surface area contributed by atoms with Crippen molar-refractivity contribution in [3.8, 4) is 5.75 Å². The van der Waals surface area contributed by atoms with Gasteiger partial charge in [-0.1, -0.05) is 31.9 Å². The number of carbonyl (C=O) groups is 2. The van der Waals surface area contributed by atoms with Crippen molar-refractivity contribution in [2.75, 3.05) is 11.9 Å². The van der Waals surface area contributed by atoms with Gasteiger partial charge in [-0.2, -0.15) is 5.10 Å². The zero-order valence-electron chi connectivity index (χ0n) is 15.9. The van der Waals surface area contributed by atoms with E-state index in [-0.39, 0.29) is 18.3 Å². The maximum absolute atomic E-state index is 13.0. The topological polar surface area (TPSA) is 79.8 Å². The first-order valence-electron chi connectivity index (χ1n) is 8.97. The van der Waals surface area contributed by atoms with Gasteiger partial charge >= 0.3 is 0 Å². The lowest BCUT2D eigenvalue weighted by Gasteiger charge is -2.10. The van der Waals surface area contributed by atoms with Crippen molar-refractivity contribution in [3.05, 3.63) is 92.6 Å². The number of halogens is 3. The first-order chi connectivity index (χ1) is 14.9. The molecule has 0 unspecified atom stereocenters. The molecule has 0 aliphatic heterocycles.